The lowest BCUT2D eigenvalue weighted by molar-refractivity contribution is -0.115. The van der Waals surface area contributed by atoms with Crippen LogP contribution in [0.5, 0.6) is 0 Å². The number of hydrogen-bond donors (Lipinski definition) is 2. The van der Waals surface area contributed by atoms with E-state index >= 15 is 0 Å². The highest BCUT2D eigenvalue weighted by atomic mass is 16.1. The molecule has 3 N–H and O–H groups in total. The minimum Gasteiger partial charge on any atom is -0.325 e. The Morgan fingerprint density at radius 3 is 2.43 bits per heavy atom. The number of hydrogen-bond acceptors (Lipinski definition) is 2. The molecule has 0 fully saturated rings. The van der Waals surface area contributed by atoms with Gasteiger partial charge in [-0.3, -0.25) is 4.79 Å². The summed E-state index contributed by atoms with van der Waals surface area (Å²) in [5.74, 6) is 0.0635. The SMILES string of the molecule is Cc1ccc(C(N)c2cc3c(c(C)c2C)NC(=O)C3)cc1. The van der Waals surface area contributed by atoms with Gasteiger partial charge in [-0.15, -0.1) is 0 Å². The van der Waals surface area contributed by atoms with Gasteiger partial charge in [-0.25, -0.2) is 0 Å². The summed E-state index contributed by atoms with van der Waals surface area (Å²) in [5, 5.41) is 2.94. The number of carbonyl (C=O) groups excluding carboxylic acids is 1. The monoisotopic (exact) mass is 280 g/mol. The maximum absolute atomic E-state index is 11.6. The number of anilines is 1. The van der Waals surface area contributed by atoms with Crippen molar-refractivity contribution in [2.75, 3.05) is 5.32 Å². The van der Waals surface area contributed by atoms with Crippen molar-refractivity contribution in [1.29, 1.82) is 0 Å². The lowest BCUT2D eigenvalue weighted by Crippen LogP contribution is -2.14. The molecule has 0 bridgehead atoms. The molecule has 0 spiro atoms. The number of rotatable bonds is 2. The van der Waals surface area contributed by atoms with Crippen molar-refractivity contribution in [1.82, 2.24) is 0 Å². The Balaban J connectivity index is 2.07. The van der Waals surface area contributed by atoms with Gasteiger partial charge >= 0.3 is 0 Å². The topological polar surface area (TPSA) is 55.1 Å². The summed E-state index contributed by atoms with van der Waals surface area (Å²) in [6.07, 6.45) is 0.448. The average molecular weight is 280 g/mol. The molecule has 0 aromatic heterocycles. The van der Waals surface area contributed by atoms with E-state index in [1.807, 2.05) is 6.92 Å². The molecule has 3 heteroatoms. The van der Waals surface area contributed by atoms with E-state index in [9.17, 15) is 4.79 Å². The lowest BCUT2D eigenvalue weighted by Gasteiger charge is -2.19. The Hall–Kier alpha value is -2.13. The predicted molar refractivity (Wildman–Crippen MR) is 85.5 cm³/mol. The molecule has 0 saturated heterocycles. The van der Waals surface area contributed by atoms with Gasteiger partial charge in [0.2, 0.25) is 5.91 Å². The molecule has 1 atom stereocenters. The van der Waals surface area contributed by atoms with Crippen molar-refractivity contribution in [2.45, 2.75) is 33.2 Å². The second-order valence-electron chi connectivity index (χ2n) is 5.86. The molecule has 0 aliphatic carbocycles. The van der Waals surface area contributed by atoms with Crippen LogP contribution in [0.1, 0.15) is 39.4 Å². The highest BCUT2D eigenvalue weighted by molar-refractivity contribution is 6.00. The fourth-order valence-corrected chi connectivity index (χ4v) is 2.96. The van der Waals surface area contributed by atoms with E-state index in [0.29, 0.717) is 6.42 Å². The first-order valence-corrected chi connectivity index (χ1v) is 7.22. The summed E-state index contributed by atoms with van der Waals surface area (Å²) in [7, 11) is 0. The number of fused-ring (bicyclic) bond motifs is 1. The van der Waals surface area contributed by atoms with Crippen LogP contribution in [0.2, 0.25) is 0 Å². The van der Waals surface area contributed by atoms with Gasteiger partial charge in [0.05, 0.1) is 12.5 Å². The molecule has 2 aromatic carbocycles. The first kappa shape index (κ1) is 13.8. The molecule has 2 aromatic rings. The lowest BCUT2D eigenvalue weighted by atomic mass is 9.90. The molecule has 1 unspecified atom stereocenters. The molecule has 21 heavy (non-hydrogen) atoms. The van der Waals surface area contributed by atoms with E-state index in [0.717, 1.165) is 33.5 Å². The number of carbonyl (C=O) groups is 1. The molecule has 1 heterocycles. The van der Waals surface area contributed by atoms with Gasteiger partial charge in [-0.1, -0.05) is 35.9 Å². The van der Waals surface area contributed by atoms with Gasteiger partial charge in [0.1, 0.15) is 0 Å². The van der Waals surface area contributed by atoms with Crippen LogP contribution in [0.25, 0.3) is 0 Å². The van der Waals surface area contributed by atoms with E-state index in [1.165, 1.54) is 5.56 Å². The summed E-state index contributed by atoms with van der Waals surface area (Å²) >= 11 is 0. The molecule has 3 nitrogen and oxygen atoms in total. The van der Waals surface area contributed by atoms with Crippen molar-refractivity contribution in [3.63, 3.8) is 0 Å². The maximum atomic E-state index is 11.6. The van der Waals surface area contributed by atoms with E-state index in [2.05, 4.69) is 49.5 Å². The molecule has 3 rings (SSSR count). The smallest absolute Gasteiger partial charge is 0.228 e. The fraction of sp³-hybridized carbons (Fsp3) is 0.278. The van der Waals surface area contributed by atoms with Crippen LogP contribution in [-0.4, -0.2) is 5.91 Å². The highest BCUT2D eigenvalue weighted by Gasteiger charge is 2.24. The van der Waals surface area contributed by atoms with Crippen LogP contribution in [-0.2, 0) is 11.2 Å². The third kappa shape index (κ3) is 2.34. The van der Waals surface area contributed by atoms with Gasteiger partial charge in [-0.05, 0) is 48.6 Å². The predicted octanol–water partition coefficient (Wildman–Crippen LogP) is 3.15. The van der Waals surface area contributed by atoms with Crippen molar-refractivity contribution < 1.29 is 4.79 Å². The Bertz CT molecular complexity index is 717. The fourth-order valence-electron chi connectivity index (χ4n) is 2.96. The summed E-state index contributed by atoms with van der Waals surface area (Å²) in [5.41, 5.74) is 14.2. The molecule has 0 saturated carbocycles. The van der Waals surface area contributed by atoms with Gasteiger partial charge in [0.25, 0.3) is 0 Å². The third-order valence-electron chi connectivity index (χ3n) is 4.41. The zero-order valence-electron chi connectivity index (χ0n) is 12.7. The molecule has 1 amide bonds. The molecular formula is C18H20N2O. The summed E-state index contributed by atoms with van der Waals surface area (Å²) in [4.78, 5) is 11.6. The van der Waals surface area contributed by atoms with E-state index in [4.69, 9.17) is 5.73 Å². The summed E-state index contributed by atoms with van der Waals surface area (Å²) < 4.78 is 0. The van der Waals surface area contributed by atoms with Crippen LogP contribution in [0.4, 0.5) is 5.69 Å². The normalized spacial score (nSPS) is 14.8. The van der Waals surface area contributed by atoms with Crippen molar-refractivity contribution in [2.24, 2.45) is 5.73 Å². The van der Waals surface area contributed by atoms with Gasteiger partial charge in [0, 0.05) is 5.69 Å². The van der Waals surface area contributed by atoms with Gasteiger partial charge < -0.3 is 11.1 Å². The number of amides is 1. The first-order valence-electron chi connectivity index (χ1n) is 7.22. The molecule has 1 aliphatic rings. The Kier molecular flexibility index (Phi) is 3.30. The number of aryl methyl sites for hydroxylation is 1. The summed E-state index contributed by atoms with van der Waals surface area (Å²) in [6.45, 7) is 6.19. The van der Waals surface area contributed by atoms with Crippen LogP contribution >= 0.6 is 0 Å². The van der Waals surface area contributed by atoms with Crippen LogP contribution in [0.3, 0.4) is 0 Å². The van der Waals surface area contributed by atoms with E-state index < -0.39 is 0 Å². The van der Waals surface area contributed by atoms with Crippen molar-refractivity contribution in [3.05, 3.63) is 63.7 Å². The second-order valence-corrected chi connectivity index (χ2v) is 5.86. The van der Waals surface area contributed by atoms with Crippen LogP contribution < -0.4 is 11.1 Å². The minimum atomic E-state index is -0.162. The molecule has 0 radical (unpaired) electrons. The molecule has 108 valence electrons. The van der Waals surface area contributed by atoms with Crippen molar-refractivity contribution >= 4 is 11.6 Å². The van der Waals surface area contributed by atoms with Crippen molar-refractivity contribution in [3.8, 4) is 0 Å². The Labute approximate surface area is 125 Å². The molecule has 1 aliphatic heterocycles. The zero-order chi connectivity index (χ0) is 15.1. The first-order chi connectivity index (χ1) is 9.97. The summed E-state index contributed by atoms with van der Waals surface area (Å²) in [6, 6.07) is 10.2. The van der Waals surface area contributed by atoms with Gasteiger partial charge in [-0.2, -0.15) is 0 Å². The number of nitrogens with one attached hydrogen (secondary N) is 1. The average Bonchev–Trinajstić information content (AvgIpc) is 2.84. The Morgan fingerprint density at radius 2 is 1.76 bits per heavy atom. The number of benzene rings is 2. The minimum absolute atomic E-state index is 0.0635. The van der Waals surface area contributed by atoms with E-state index in [-0.39, 0.29) is 11.9 Å². The zero-order valence-corrected chi connectivity index (χ0v) is 12.7. The molecular weight excluding hydrogens is 260 g/mol. The standard InChI is InChI=1S/C18H20N2O/c1-10-4-6-13(7-5-10)17(19)15-8-14-9-16(21)20-18(14)12(3)11(15)2/h4-8,17H,9,19H2,1-3H3,(H,20,21). The third-order valence-corrected chi connectivity index (χ3v) is 4.41. The van der Waals surface area contributed by atoms with Crippen LogP contribution in [0.15, 0.2) is 30.3 Å². The maximum Gasteiger partial charge on any atom is 0.228 e. The van der Waals surface area contributed by atoms with E-state index in [1.54, 1.807) is 0 Å². The second kappa shape index (κ2) is 5.01. The van der Waals surface area contributed by atoms with Crippen LogP contribution in [0, 0.1) is 20.8 Å². The quantitative estimate of drug-likeness (QED) is 0.888. The van der Waals surface area contributed by atoms with Gasteiger partial charge in [0.15, 0.2) is 0 Å². The Morgan fingerprint density at radius 1 is 1.10 bits per heavy atom. The number of nitrogens with two attached hydrogens (primary N) is 1. The highest BCUT2D eigenvalue weighted by Crippen LogP contribution is 2.35. The largest absolute Gasteiger partial charge is 0.325 e.